The van der Waals surface area contributed by atoms with E-state index in [0.29, 0.717) is 0 Å². The monoisotopic (exact) mass is 390 g/mol. The first-order chi connectivity index (χ1) is 2.27. The Bertz CT molecular complexity index is 44.9. The van der Waals surface area contributed by atoms with Gasteiger partial charge in [0.25, 0.3) is 0 Å². The Kier molecular flexibility index (Phi) is 5.18. The van der Waals surface area contributed by atoms with Crippen molar-refractivity contribution in [3.05, 3.63) is 9.12 Å². The molecule has 0 radical (unpaired) electrons. The van der Waals surface area contributed by atoms with Crippen molar-refractivity contribution in [1.29, 1.82) is 0 Å². The Hall–Kier alpha value is 1.70. The maximum absolute atomic E-state index is 5.36. The van der Waals surface area contributed by atoms with Gasteiger partial charge in [-0.15, -0.1) is 0 Å². The predicted octanol–water partition coefficient (Wildman–Crippen LogP) is 2.13. The van der Waals surface area contributed by atoms with Crippen LogP contribution >= 0.6 is 29.3 Å². The predicted molar refractivity (Wildman–Crippen MR) is 29.0 cm³/mol. The van der Waals surface area contributed by atoms with Crippen LogP contribution in [0, 0.1) is 0 Å². The summed E-state index contributed by atoms with van der Waals surface area (Å²) in [7, 11) is 0. The van der Waals surface area contributed by atoms with Crippen molar-refractivity contribution in [2.75, 3.05) is 0 Å². The zero-order valence-electron chi connectivity index (χ0n) is 2.67. The van der Waals surface area contributed by atoms with E-state index in [4.69, 9.17) is 11.6 Å². The molecule has 0 saturated heterocycles. The Morgan fingerprint density at radius 2 is 2.20 bits per heavy atom. The molecule has 0 aliphatic carbocycles. The molecule has 0 rings (SSSR count). The fraction of sp³-hybridized carbons (Fsp3) is 0. The molecule has 5 heavy (non-hydrogen) atoms. The molecule has 0 spiro atoms. The summed E-state index contributed by atoms with van der Waals surface area (Å²) in [5.74, 6) is 0. The van der Waals surface area contributed by atoms with E-state index in [1.807, 2.05) is 0 Å². The molecule has 26 valence electrons. The number of hydrogen-bond acceptors (Lipinski definition) is 0. The van der Waals surface area contributed by atoms with Gasteiger partial charge in [0.05, 0.1) is 0 Å². The van der Waals surface area contributed by atoms with Crippen LogP contribution in [-0.4, -0.2) is 0 Å². The number of hydrogen-bond donors (Lipinski definition) is 0. The van der Waals surface area contributed by atoms with Gasteiger partial charge in [-0.05, 0) is 0 Å². The summed E-state index contributed by atoms with van der Waals surface area (Å²) in [4.78, 5) is 0. The van der Waals surface area contributed by atoms with E-state index in [2.05, 4.69) is 24.2 Å². The van der Waals surface area contributed by atoms with Gasteiger partial charge in [-0.25, -0.2) is 0 Å². The third-order valence-electron chi connectivity index (χ3n) is 0.145. The molecule has 0 aromatic heterocycles. The first kappa shape index (κ1) is 6.70. The maximum atomic E-state index is 5.36. The molecule has 0 atom stereocenters. The van der Waals surface area contributed by atoms with Gasteiger partial charge in [-0.2, -0.15) is 0 Å². The molecule has 0 bridgehead atoms. The Morgan fingerprint density at radius 3 is 2.20 bits per heavy atom. The van der Waals surface area contributed by atoms with Gasteiger partial charge in [0.15, 0.2) is 0 Å². The van der Waals surface area contributed by atoms with Gasteiger partial charge in [0.2, 0.25) is 0 Å². The van der Waals surface area contributed by atoms with E-state index in [-0.39, 0.29) is 0 Å². The van der Waals surface area contributed by atoms with Gasteiger partial charge < -0.3 is 0 Å². The molecule has 0 aliphatic heterocycles. The van der Waals surface area contributed by atoms with Crippen LogP contribution in [0.3, 0.4) is 0 Å². The normalized spacial score (nSPS) is 6.00. The molecule has 0 amide bonds. The minimum atomic E-state index is -0.684. The second kappa shape index (κ2) is 3.87. The summed E-state index contributed by atoms with van der Waals surface area (Å²) in [5, 5.41) is 0. The van der Waals surface area contributed by atoms with Crippen LogP contribution in [0.15, 0.2) is 9.12 Å². The van der Waals surface area contributed by atoms with Gasteiger partial charge in [0.1, 0.15) is 0 Å². The van der Waals surface area contributed by atoms with Crippen LogP contribution in [0.1, 0.15) is 0 Å². The third kappa shape index (κ3) is 5.70. The summed E-state index contributed by atoms with van der Waals surface area (Å²) < 4.78 is 0.936. The average Bonchev–Trinajstić information content (AvgIpc) is 1.38. The van der Waals surface area contributed by atoms with Gasteiger partial charge >= 0.3 is 58.6 Å². The van der Waals surface area contributed by atoms with E-state index in [1.165, 1.54) is 0 Å². The van der Waals surface area contributed by atoms with Crippen molar-refractivity contribution < 1.29 is 20.2 Å². The molecule has 0 nitrogen and oxygen atoms in total. The Balaban J connectivity index is 2.85. The van der Waals surface area contributed by atoms with Crippen molar-refractivity contribution in [1.82, 2.24) is 0 Å². The zero-order valence-corrected chi connectivity index (χ0v) is 11.1. The summed E-state index contributed by atoms with van der Waals surface area (Å²) in [5.41, 5.74) is 0. The van der Waals surface area contributed by atoms with Crippen LogP contribution < -0.4 is 0 Å². The molecule has 0 aromatic carbocycles. The SMILES string of the molecule is C=[C](Cl)[Hg][I]. The molecule has 0 heterocycles. The molecule has 0 aliphatic rings. The van der Waals surface area contributed by atoms with Gasteiger partial charge in [-0.1, -0.05) is 0 Å². The van der Waals surface area contributed by atoms with E-state index in [0.717, 1.165) is 2.54 Å². The van der Waals surface area contributed by atoms with E-state index >= 15 is 0 Å². The molecule has 0 aromatic rings. The van der Waals surface area contributed by atoms with Crippen LogP contribution in [0.25, 0.3) is 0 Å². The summed E-state index contributed by atoms with van der Waals surface area (Å²) in [6, 6.07) is 0. The van der Waals surface area contributed by atoms with Crippen molar-refractivity contribution in [3.63, 3.8) is 0 Å². The summed E-state index contributed by atoms with van der Waals surface area (Å²) >= 11 is 7.04. The molecule has 0 saturated carbocycles. The zero-order chi connectivity index (χ0) is 4.28. The van der Waals surface area contributed by atoms with E-state index in [9.17, 15) is 0 Å². The van der Waals surface area contributed by atoms with Gasteiger partial charge in [0, 0.05) is 0 Å². The molecular weight excluding hydrogens is 387 g/mol. The number of halogens is 2. The first-order valence-corrected chi connectivity index (χ1v) is 19.8. The van der Waals surface area contributed by atoms with Gasteiger partial charge in [-0.3, -0.25) is 0 Å². The third-order valence-corrected chi connectivity index (χ3v) is 14.5. The molecular formula is C2H2ClHgI. The molecule has 0 unspecified atom stereocenters. The second-order valence-electron chi connectivity index (χ2n) is 0.651. The van der Waals surface area contributed by atoms with E-state index in [1.54, 1.807) is 0 Å². The topological polar surface area (TPSA) is 0 Å². The van der Waals surface area contributed by atoms with Crippen LogP contribution in [-0.2, 0) is 20.2 Å². The molecule has 0 N–H and O–H groups in total. The van der Waals surface area contributed by atoms with Crippen molar-refractivity contribution in [2.24, 2.45) is 0 Å². The fourth-order valence-corrected chi connectivity index (χ4v) is 0. The van der Waals surface area contributed by atoms with E-state index < -0.39 is 20.2 Å². The van der Waals surface area contributed by atoms with Crippen molar-refractivity contribution in [2.45, 2.75) is 0 Å². The Labute approximate surface area is 57.8 Å². The quantitative estimate of drug-likeness (QED) is 0.477. The average molecular weight is 389 g/mol. The molecule has 0 fully saturated rings. The fourth-order valence-electron chi connectivity index (χ4n) is 0. The number of rotatable bonds is 1. The molecule has 3 heteroatoms. The minimum absolute atomic E-state index is 0.684. The Morgan fingerprint density at radius 1 is 2.00 bits per heavy atom. The van der Waals surface area contributed by atoms with Crippen molar-refractivity contribution >= 4 is 29.3 Å². The first-order valence-electron chi connectivity index (χ1n) is 1.16. The summed E-state index contributed by atoms with van der Waals surface area (Å²) in [6.45, 7) is 3.53. The summed E-state index contributed by atoms with van der Waals surface area (Å²) in [6.07, 6.45) is 0. The van der Waals surface area contributed by atoms with Crippen LogP contribution in [0.5, 0.6) is 0 Å². The standard InChI is InChI=1S/C2H2Cl.Hg.HI/c1-2-3;;/h1H2;;1H/q;+1;/p-1. The van der Waals surface area contributed by atoms with Crippen LogP contribution in [0.4, 0.5) is 0 Å². The van der Waals surface area contributed by atoms with Crippen LogP contribution in [0.2, 0.25) is 0 Å². The second-order valence-corrected chi connectivity index (χ2v) is 14.0. The van der Waals surface area contributed by atoms with Crippen molar-refractivity contribution in [3.8, 4) is 0 Å².